The zero-order valence-electron chi connectivity index (χ0n) is 41.7. The zero-order valence-corrected chi connectivity index (χ0v) is 41.7. The van der Waals surface area contributed by atoms with Crippen LogP contribution in [0.4, 0.5) is 0 Å². The number of nitrogens with zero attached hydrogens (tertiary/aromatic N) is 3. The Morgan fingerprint density at radius 1 is 0.877 bits per heavy atom. The van der Waals surface area contributed by atoms with Gasteiger partial charge >= 0.3 is 5.97 Å². The number of hydrogen-bond acceptors (Lipinski definition) is 9. The number of carboxylic acid groups (broad SMARTS) is 1. The molecule has 0 spiro atoms. The van der Waals surface area contributed by atoms with Crippen molar-refractivity contribution >= 4 is 35.5 Å². The predicted octanol–water partition coefficient (Wildman–Crippen LogP) is 5.81. The molecule has 0 aromatic heterocycles. The molecule has 15 nitrogen and oxygen atoms in total. The summed E-state index contributed by atoms with van der Waals surface area (Å²) in [7, 11) is 6.52. The first-order chi connectivity index (χ1) is 30.7. The van der Waals surface area contributed by atoms with Crippen LogP contribution in [0, 0.1) is 23.7 Å². The minimum Gasteiger partial charge on any atom is -0.480 e. The van der Waals surface area contributed by atoms with Gasteiger partial charge in [-0.2, -0.15) is 0 Å². The van der Waals surface area contributed by atoms with Gasteiger partial charge in [-0.3, -0.25) is 24.0 Å². The van der Waals surface area contributed by atoms with Gasteiger partial charge in [0.25, 0.3) is 0 Å². The second-order valence-electron chi connectivity index (χ2n) is 18.7. The van der Waals surface area contributed by atoms with E-state index in [2.05, 4.69) is 29.5 Å². The van der Waals surface area contributed by atoms with Crippen LogP contribution in [-0.2, 0) is 44.7 Å². The van der Waals surface area contributed by atoms with Crippen LogP contribution in [0.15, 0.2) is 42.6 Å². The number of carbonyl (C=O) groups excluding carboxylic acids is 5. The van der Waals surface area contributed by atoms with Gasteiger partial charge in [0.15, 0.2) is 0 Å². The van der Waals surface area contributed by atoms with Crippen molar-refractivity contribution in [3.05, 3.63) is 48.2 Å². The van der Waals surface area contributed by atoms with Crippen molar-refractivity contribution in [2.75, 3.05) is 41.4 Å². The van der Waals surface area contributed by atoms with Crippen molar-refractivity contribution in [3.63, 3.8) is 0 Å². The van der Waals surface area contributed by atoms with E-state index in [-0.39, 0.29) is 67.1 Å². The summed E-state index contributed by atoms with van der Waals surface area (Å²) in [4.78, 5) is 85.6. The summed E-state index contributed by atoms with van der Waals surface area (Å²) in [5.74, 6) is -3.22. The summed E-state index contributed by atoms with van der Waals surface area (Å²) in [6, 6.07) is 5.89. The van der Waals surface area contributed by atoms with E-state index in [4.69, 9.17) is 9.47 Å². The third-order valence-corrected chi connectivity index (χ3v) is 13.1. The van der Waals surface area contributed by atoms with Crippen LogP contribution in [-0.4, -0.2) is 139 Å². The Kier molecular flexibility index (Phi) is 24.8. The molecule has 9 atom stereocenters. The van der Waals surface area contributed by atoms with Crippen molar-refractivity contribution < 1.29 is 43.3 Å². The van der Waals surface area contributed by atoms with E-state index < -0.39 is 60.2 Å². The highest BCUT2D eigenvalue weighted by atomic mass is 16.5. The van der Waals surface area contributed by atoms with E-state index in [1.54, 1.807) is 42.8 Å². The number of rotatable bonds is 30. The summed E-state index contributed by atoms with van der Waals surface area (Å²) in [5.41, 5.74) is 1.31. The Morgan fingerprint density at radius 3 is 2.09 bits per heavy atom. The molecule has 2 rings (SSSR count). The monoisotopic (exact) mass is 913 g/mol. The predicted molar refractivity (Wildman–Crippen MR) is 255 cm³/mol. The smallest absolute Gasteiger partial charge is 0.326 e. The number of benzene rings is 1. The van der Waals surface area contributed by atoms with Crippen molar-refractivity contribution in [2.45, 2.75) is 168 Å². The Bertz CT molecular complexity index is 1670. The summed E-state index contributed by atoms with van der Waals surface area (Å²) < 4.78 is 12.0. The van der Waals surface area contributed by atoms with Gasteiger partial charge in [0, 0.05) is 66.4 Å². The van der Waals surface area contributed by atoms with Crippen LogP contribution in [0.2, 0.25) is 0 Å². The number of likely N-dealkylation sites (N-methyl/N-ethyl adjacent to an activating group) is 2. The lowest BCUT2D eigenvalue weighted by atomic mass is 9.89. The molecule has 0 aliphatic carbocycles. The van der Waals surface area contributed by atoms with Crippen molar-refractivity contribution in [2.24, 2.45) is 23.7 Å². The van der Waals surface area contributed by atoms with Crippen LogP contribution in [0.5, 0.6) is 0 Å². The van der Waals surface area contributed by atoms with Gasteiger partial charge in [-0.05, 0) is 49.0 Å². The fraction of sp³-hybridized carbons (Fsp3) is 0.720. The molecule has 1 aromatic rings. The second kappa shape index (κ2) is 28.5. The van der Waals surface area contributed by atoms with Gasteiger partial charge < -0.3 is 45.2 Å². The van der Waals surface area contributed by atoms with E-state index in [1.165, 1.54) is 7.11 Å². The molecule has 1 fully saturated rings. The van der Waals surface area contributed by atoms with Gasteiger partial charge in [-0.25, -0.2) is 4.79 Å². The van der Waals surface area contributed by atoms with Crippen molar-refractivity contribution in [1.29, 1.82) is 0 Å². The Balaban J connectivity index is 2.22. The van der Waals surface area contributed by atoms with E-state index in [9.17, 15) is 33.9 Å². The largest absolute Gasteiger partial charge is 0.480 e. The molecule has 0 radical (unpaired) electrons. The molecular formula is C50H84N6O9. The van der Waals surface area contributed by atoms with Crippen LogP contribution in [0.3, 0.4) is 0 Å². The first-order valence-corrected chi connectivity index (χ1v) is 23.9. The normalized spacial score (nSPS) is 17.6. The van der Waals surface area contributed by atoms with Gasteiger partial charge in [0.05, 0.1) is 42.7 Å². The zero-order chi connectivity index (χ0) is 49.0. The van der Waals surface area contributed by atoms with Gasteiger partial charge in [0.2, 0.25) is 29.5 Å². The van der Waals surface area contributed by atoms with E-state index in [0.717, 1.165) is 24.8 Å². The maximum atomic E-state index is 14.7. The first-order valence-electron chi connectivity index (χ1n) is 23.9. The number of ether oxygens (including phenoxy) is 2. The Hall–Kier alpha value is -4.50. The Morgan fingerprint density at radius 2 is 1.54 bits per heavy atom. The molecule has 1 aliphatic rings. The lowest BCUT2D eigenvalue weighted by molar-refractivity contribution is -0.147. The molecule has 15 heteroatoms. The molecule has 1 aliphatic heterocycles. The lowest BCUT2D eigenvalue weighted by Crippen LogP contribution is -2.58. The number of carboxylic acids is 1. The number of likely N-dealkylation sites (tertiary alicyclic amines) is 1. The number of nitrogens with one attached hydrogen (secondary N) is 3. The van der Waals surface area contributed by atoms with Gasteiger partial charge in [0.1, 0.15) is 12.1 Å². The quantitative estimate of drug-likeness (QED) is 0.0687. The molecule has 1 saturated heterocycles. The molecule has 65 heavy (non-hydrogen) atoms. The number of methoxy groups -OCH3 is 2. The lowest BCUT2D eigenvalue weighted by Gasteiger charge is -2.42. The summed E-state index contributed by atoms with van der Waals surface area (Å²) in [6.45, 7) is 21.2. The van der Waals surface area contributed by atoms with Crippen LogP contribution in [0.25, 0.3) is 0 Å². The van der Waals surface area contributed by atoms with Gasteiger partial charge in [-0.15, -0.1) is 0 Å². The maximum absolute atomic E-state index is 14.7. The highest BCUT2D eigenvalue weighted by molar-refractivity contribution is 5.86. The third-order valence-electron chi connectivity index (χ3n) is 13.1. The molecule has 5 amide bonds. The highest BCUT2D eigenvalue weighted by Gasteiger charge is 2.43. The summed E-state index contributed by atoms with van der Waals surface area (Å²) >= 11 is 0. The summed E-state index contributed by atoms with van der Waals surface area (Å²) in [6.07, 6.45) is 4.69. The van der Waals surface area contributed by atoms with Crippen LogP contribution >= 0.6 is 0 Å². The van der Waals surface area contributed by atoms with Gasteiger partial charge in [-0.1, -0.05) is 112 Å². The molecule has 1 heterocycles. The fourth-order valence-corrected chi connectivity index (χ4v) is 9.18. The minimum absolute atomic E-state index is 0.0237. The van der Waals surface area contributed by atoms with E-state index in [0.29, 0.717) is 44.5 Å². The SMILES string of the molecule is C=C(N[C@H](C(=O)N(C)C([C@@H](C)CC)[C@@H](CC(=O)N1CCC[C@H]1[C@H](OC)[C@@H](C)C(=O)N[C@@H](Cc1ccccc1)C(=O)O)OC)C(C)C)[C@H](C(C)C)N(C)C(=O)CCCC(=O)NCCCCC. The number of unbranched alkanes of at least 4 members (excludes halogenated alkanes) is 2. The molecule has 1 unspecified atom stereocenters. The molecule has 368 valence electrons. The average Bonchev–Trinajstić information content (AvgIpc) is 3.76. The maximum Gasteiger partial charge on any atom is 0.326 e. The number of amides is 5. The number of hydrogen-bond donors (Lipinski definition) is 4. The van der Waals surface area contributed by atoms with Crippen LogP contribution in [0.1, 0.15) is 125 Å². The van der Waals surface area contributed by atoms with E-state index >= 15 is 0 Å². The standard InChI is InChI=1S/C50H84N6O9/c1-14-16-20-28-51-41(57)26-21-27-42(58)54(10)45(33(5)6)36(9)52-44(32(3)4)49(61)55(11)46(34(7)15-2)40(64-12)31-43(59)56-29-22-25-39(56)47(65-13)35(8)48(60)53-38(50(62)63)30-37-23-18-17-19-24-37/h17-19,23-24,32-35,38-40,44-47,52H,9,14-16,20-22,25-31H2,1-8,10-13H3,(H,51,57)(H,53,60)(H,62,63)/t34-,35+,38-,39-,40+,44-,45-,46?,47+/m0/s1. The minimum atomic E-state index is -1.14. The highest BCUT2D eigenvalue weighted by Crippen LogP contribution is 2.30. The van der Waals surface area contributed by atoms with Crippen molar-refractivity contribution in [1.82, 2.24) is 30.7 Å². The van der Waals surface area contributed by atoms with Crippen molar-refractivity contribution in [3.8, 4) is 0 Å². The first kappa shape index (κ1) is 56.6. The third kappa shape index (κ3) is 17.0. The second-order valence-corrected chi connectivity index (χ2v) is 18.7. The van der Waals surface area contributed by atoms with E-state index in [1.807, 2.05) is 71.9 Å². The fourth-order valence-electron chi connectivity index (χ4n) is 9.18. The molecule has 1 aromatic carbocycles. The molecular weight excluding hydrogens is 829 g/mol. The number of aliphatic carboxylic acids is 1. The molecule has 4 N–H and O–H groups in total. The van der Waals surface area contributed by atoms with Crippen LogP contribution < -0.4 is 16.0 Å². The summed E-state index contributed by atoms with van der Waals surface area (Å²) in [5, 5.41) is 19.0. The molecule has 0 bridgehead atoms. The average molecular weight is 913 g/mol. The Labute approximate surface area is 390 Å². The molecule has 0 saturated carbocycles. The topological polar surface area (TPSA) is 187 Å². The number of carbonyl (C=O) groups is 6.